The molecule has 4 amide bonds. The number of aliphatic carboxylic acids is 1. The summed E-state index contributed by atoms with van der Waals surface area (Å²) in [5, 5.41) is 15.8. The van der Waals surface area contributed by atoms with Crippen LogP contribution in [-0.2, 0) is 30.4 Å². The Labute approximate surface area is 230 Å². The van der Waals surface area contributed by atoms with Crippen molar-refractivity contribution in [2.75, 3.05) is 18.6 Å². The van der Waals surface area contributed by atoms with Crippen LogP contribution >= 0.6 is 11.8 Å². The highest BCUT2D eigenvalue weighted by Gasteiger charge is 2.38. The van der Waals surface area contributed by atoms with Gasteiger partial charge in [0.15, 0.2) is 0 Å². The summed E-state index contributed by atoms with van der Waals surface area (Å²) in [6, 6.07) is 3.48. The zero-order valence-corrected chi connectivity index (χ0v) is 22.7. The molecule has 13 heteroatoms. The van der Waals surface area contributed by atoms with Gasteiger partial charge < -0.3 is 37.1 Å². The van der Waals surface area contributed by atoms with Gasteiger partial charge in [0.05, 0.1) is 6.04 Å². The first-order valence-corrected chi connectivity index (χ1v) is 14.2. The number of carboxylic acid groups (broad SMARTS) is 1. The van der Waals surface area contributed by atoms with E-state index in [2.05, 4.69) is 15.6 Å². The van der Waals surface area contributed by atoms with Crippen molar-refractivity contribution in [3.05, 3.63) is 36.0 Å². The van der Waals surface area contributed by atoms with Crippen molar-refractivity contribution in [2.45, 2.75) is 62.7 Å². The second-order valence-corrected chi connectivity index (χ2v) is 10.6. The molecule has 2 heterocycles. The lowest BCUT2D eigenvalue weighted by molar-refractivity contribution is -0.143. The summed E-state index contributed by atoms with van der Waals surface area (Å²) in [5.74, 6) is -2.82. The van der Waals surface area contributed by atoms with Crippen molar-refractivity contribution in [1.29, 1.82) is 0 Å². The summed E-state index contributed by atoms with van der Waals surface area (Å²) in [7, 11) is 0. The summed E-state index contributed by atoms with van der Waals surface area (Å²) in [4.78, 5) is 67.1. The van der Waals surface area contributed by atoms with E-state index in [1.807, 2.05) is 30.5 Å². The summed E-state index contributed by atoms with van der Waals surface area (Å²) in [6.07, 6.45) is 4.90. The lowest BCUT2D eigenvalue weighted by Crippen LogP contribution is -2.57. The van der Waals surface area contributed by atoms with Crippen LogP contribution in [0, 0.1) is 0 Å². The van der Waals surface area contributed by atoms with Crippen molar-refractivity contribution in [1.82, 2.24) is 20.5 Å². The van der Waals surface area contributed by atoms with Crippen LogP contribution in [0.1, 0.15) is 37.7 Å². The highest BCUT2D eigenvalue weighted by atomic mass is 32.2. The highest BCUT2D eigenvalue weighted by Crippen LogP contribution is 2.22. The standard InChI is InChI=1S/C26H36N6O6S/c1-39-12-10-19(26(37)38)30-23(34)20(13-15-14-29-18-6-3-2-5-16(15)18)31-24(35)21-7-4-11-32(21)25(36)17(27)8-9-22(28)33/h2-3,5-6,14,17,19-21,29H,4,7-13,27H2,1H3,(H2,28,33)(H,30,34)(H,31,35)(H,37,38). The molecule has 0 radical (unpaired) electrons. The largest absolute Gasteiger partial charge is 0.480 e. The van der Waals surface area contributed by atoms with Crippen molar-refractivity contribution >= 4 is 52.3 Å². The summed E-state index contributed by atoms with van der Waals surface area (Å²) in [6.45, 7) is 0.316. The topological polar surface area (TPSA) is 201 Å². The molecule has 12 nitrogen and oxygen atoms in total. The number of amides is 4. The van der Waals surface area contributed by atoms with Crippen LogP contribution in [0.3, 0.4) is 0 Å². The molecule has 0 bridgehead atoms. The molecule has 1 aliphatic rings. The molecule has 0 aliphatic carbocycles. The molecule has 0 spiro atoms. The molecule has 39 heavy (non-hydrogen) atoms. The van der Waals surface area contributed by atoms with Crippen molar-refractivity contribution in [2.24, 2.45) is 11.5 Å². The van der Waals surface area contributed by atoms with Crippen LogP contribution < -0.4 is 22.1 Å². The fourth-order valence-electron chi connectivity index (χ4n) is 4.70. The molecule has 1 aliphatic heterocycles. The van der Waals surface area contributed by atoms with E-state index in [-0.39, 0.29) is 25.7 Å². The Morgan fingerprint density at radius 3 is 2.59 bits per heavy atom. The monoisotopic (exact) mass is 560 g/mol. The number of hydrogen-bond donors (Lipinski definition) is 6. The van der Waals surface area contributed by atoms with E-state index >= 15 is 0 Å². The third kappa shape index (κ3) is 7.96. The van der Waals surface area contributed by atoms with Gasteiger partial charge in [0, 0.05) is 36.5 Å². The van der Waals surface area contributed by atoms with E-state index in [0.717, 1.165) is 16.5 Å². The number of nitrogens with two attached hydrogens (primary N) is 2. The molecule has 8 N–H and O–H groups in total. The van der Waals surface area contributed by atoms with Gasteiger partial charge in [-0.05, 0) is 49.3 Å². The maximum atomic E-state index is 13.4. The van der Waals surface area contributed by atoms with Gasteiger partial charge in [-0.25, -0.2) is 4.79 Å². The number of fused-ring (bicyclic) bond motifs is 1. The predicted octanol–water partition coefficient (Wildman–Crippen LogP) is 0.102. The lowest BCUT2D eigenvalue weighted by Gasteiger charge is -2.28. The normalized spacial score (nSPS) is 17.4. The van der Waals surface area contributed by atoms with E-state index in [1.54, 1.807) is 6.20 Å². The minimum Gasteiger partial charge on any atom is -0.480 e. The number of likely N-dealkylation sites (tertiary alicyclic amines) is 1. The Morgan fingerprint density at radius 2 is 1.90 bits per heavy atom. The van der Waals surface area contributed by atoms with E-state index in [0.29, 0.717) is 25.1 Å². The molecule has 1 aromatic heterocycles. The third-order valence-corrected chi connectivity index (χ3v) is 7.46. The van der Waals surface area contributed by atoms with Gasteiger partial charge in [0.1, 0.15) is 18.1 Å². The van der Waals surface area contributed by atoms with E-state index < -0.39 is 53.8 Å². The molecule has 1 saturated heterocycles. The number of benzene rings is 1. The molecule has 1 fully saturated rings. The van der Waals surface area contributed by atoms with Crippen LogP contribution in [0.4, 0.5) is 0 Å². The molecule has 212 valence electrons. The minimum atomic E-state index is -1.16. The number of para-hydroxylation sites is 1. The number of carboxylic acids is 1. The number of rotatable bonds is 14. The summed E-state index contributed by atoms with van der Waals surface area (Å²) >= 11 is 1.46. The highest BCUT2D eigenvalue weighted by molar-refractivity contribution is 7.98. The Morgan fingerprint density at radius 1 is 1.15 bits per heavy atom. The number of primary amides is 1. The average Bonchev–Trinajstić information content (AvgIpc) is 3.56. The van der Waals surface area contributed by atoms with E-state index in [9.17, 15) is 29.1 Å². The number of aromatic amines is 1. The smallest absolute Gasteiger partial charge is 0.326 e. The number of hydrogen-bond acceptors (Lipinski definition) is 7. The van der Waals surface area contributed by atoms with Gasteiger partial charge in [0.2, 0.25) is 23.6 Å². The maximum absolute atomic E-state index is 13.4. The van der Waals surface area contributed by atoms with Gasteiger partial charge in [-0.15, -0.1) is 0 Å². The molecule has 4 unspecified atom stereocenters. The van der Waals surface area contributed by atoms with Gasteiger partial charge in [-0.3, -0.25) is 19.2 Å². The quantitative estimate of drug-likeness (QED) is 0.187. The number of H-pyrrole nitrogens is 1. The zero-order valence-electron chi connectivity index (χ0n) is 21.9. The first kappa shape index (κ1) is 30.0. The maximum Gasteiger partial charge on any atom is 0.326 e. The van der Waals surface area contributed by atoms with Crippen LogP contribution in [0.15, 0.2) is 30.5 Å². The van der Waals surface area contributed by atoms with Gasteiger partial charge in [0.25, 0.3) is 0 Å². The second kappa shape index (κ2) is 14.0. The minimum absolute atomic E-state index is 0.0498. The Kier molecular flexibility index (Phi) is 10.8. The van der Waals surface area contributed by atoms with Gasteiger partial charge in [-0.2, -0.15) is 11.8 Å². The van der Waals surface area contributed by atoms with Gasteiger partial charge >= 0.3 is 5.97 Å². The van der Waals surface area contributed by atoms with Crippen LogP contribution in [0.25, 0.3) is 10.9 Å². The molecule has 3 rings (SSSR count). The van der Waals surface area contributed by atoms with Gasteiger partial charge in [-0.1, -0.05) is 18.2 Å². The predicted molar refractivity (Wildman–Crippen MR) is 148 cm³/mol. The molecular formula is C26H36N6O6S. The third-order valence-electron chi connectivity index (χ3n) is 6.81. The summed E-state index contributed by atoms with van der Waals surface area (Å²) in [5.41, 5.74) is 12.8. The van der Waals surface area contributed by atoms with Crippen molar-refractivity contribution in [3.63, 3.8) is 0 Å². The number of nitrogens with zero attached hydrogens (tertiary/aromatic N) is 1. The first-order valence-electron chi connectivity index (χ1n) is 12.8. The first-order chi connectivity index (χ1) is 18.6. The number of nitrogens with one attached hydrogen (secondary N) is 3. The Bertz CT molecular complexity index is 1200. The van der Waals surface area contributed by atoms with Crippen molar-refractivity contribution < 1.29 is 29.1 Å². The number of thioether (sulfide) groups is 1. The van der Waals surface area contributed by atoms with Crippen molar-refractivity contribution in [3.8, 4) is 0 Å². The number of carbonyl (C=O) groups is 5. The fourth-order valence-corrected chi connectivity index (χ4v) is 5.17. The molecule has 0 saturated carbocycles. The van der Waals surface area contributed by atoms with Crippen LogP contribution in [0.2, 0.25) is 0 Å². The van der Waals surface area contributed by atoms with Crippen LogP contribution in [0.5, 0.6) is 0 Å². The molecule has 4 atom stereocenters. The summed E-state index contributed by atoms with van der Waals surface area (Å²) < 4.78 is 0. The number of carbonyl (C=O) groups excluding carboxylic acids is 4. The zero-order chi connectivity index (χ0) is 28.5. The number of aromatic nitrogens is 1. The molecule has 1 aromatic carbocycles. The fraction of sp³-hybridized carbons (Fsp3) is 0.500. The SMILES string of the molecule is CSCCC(NC(=O)C(Cc1c[nH]c2ccccc12)NC(=O)C1CCCN1C(=O)C(N)CCC(N)=O)C(=O)O. The average molecular weight is 561 g/mol. The molecular weight excluding hydrogens is 524 g/mol. The molecule has 2 aromatic rings. The van der Waals surface area contributed by atoms with E-state index in [4.69, 9.17) is 11.5 Å². The van der Waals surface area contributed by atoms with E-state index in [1.165, 1.54) is 16.7 Å². The lowest BCUT2D eigenvalue weighted by atomic mass is 10.0. The Hall–Kier alpha value is -3.58. The Balaban J connectivity index is 1.79. The van der Waals surface area contributed by atoms with Crippen LogP contribution in [-0.4, -0.2) is 87.3 Å². The second-order valence-electron chi connectivity index (χ2n) is 9.61.